The van der Waals surface area contributed by atoms with Gasteiger partial charge in [0.15, 0.2) is 0 Å². The zero-order valence-electron chi connectivity index (χ0n) is 13.8. The van der Waals surface area contributed by atoms with Gasteiger partial charge < -0.3 is 10.1 Å². The Morgan fingerprint density at radius 3 is 2.50 bits per heavy atom. The molecule has 0 aromatic heterocycles. The number of hydrogen-bond donors (Lipinski definition) is 1. The van der Waals surface area contributed by atoms with Crippen molar-refractivity contribution in [1.82, 2.24) is 0 Å². The summed E-state index contributed by atoms with van der Waals surface area (Å²) in [5.41, 5.74) is -0.572. The number of ether oxygens (including phenoxy) is 1. The fourth-order valence-electron chi connectivity index (χ4n) is 2.11. The van der Waals surface area contributed by atoms with Gasteiger partial charge in [0.1, 0.15) is 17.4 Å². The molecule has 0 heterocycles. The van der Waals surface area contributed by atoms with Crippen LogP contribution in [0.5, 0.6) is 5.75 Å². The number of benzene rings is 2. The molecule has 2 rings (SSSR count). The van der Waals surface area contributed by atoms with Gasteiger partial charge in [-0.25, -0.2) is 0 Å². The number of anilines is 1. The molecule has 2 aromatic carbocycles. The summed E-state index contributed by atoms with van der Waals surface area (Å²) in [7, 11) is 0. The van der Waals surface area contributed by atoms with Gasteiger partial charge in [0.2, 0.25) is 0 Å². The molecule has 26 heavy (non-hydrogen) atoms. The van der Waals surface area contributed by atoms with E-state index in [9.17, 15) is 23.2 Å². The van der Waals surface area contributed by atoms with E-state index in [1.807, 2.05) is 6.92 Å². The van der Waals surface area contributed by atoms with E-state index in [2.05, 4.69) is 5.32 Å². The maximum atomic E-state index is 12.7. The van der Waals surface area contributed by atoms with Crippen LogP contribution >= 0.6 is 0 Å². The number of carbonyl (C=O) groups is 1. The molecular formula is C19H15F3N2O2. The number of nitrogens with one attached hydrogen (secondary N) is 1. The van der Waals surface area contributed by atoms with E-state index in [0.717, 1.165) is 12.1 Å². The number of hydrogen-bond acceptors (Lipinski definition) is 3. The number of rotatable bonds is 5. The molecule has 0 unspecified atom stereocenters. The number of nitrogens with zero attached hydrogens (tertiary/aromatic N) is 1. The molecule has 0 atom stereocenters. The molecule has 0 aliphatic carbocycles. The van der Waals surface area contributed by atoms with E-state index < -0.39 is 17.6 Å². The van der Waals surface area contributed by atoms with E-state index in [1.54, 1.807) is 30.3 Å². The Labute approximate surface area is 148 Å². The highest BCUT2D eigenvalue weighted by molar-refractivity contribution is 6.09. The van der Waals surface area contributed by atoms with Crippen LogP contribution in [0.25, 0.3) is 6.08 Å². The summed E-state index contributed by atoms with van der Waals surface area (Å²) in [5, 5.41) is 11.5. The third-order valence-corrected chi connectivity index (χ3v) is 3.31. The van der Waals surface area contributed by atoms with Crippen molar-refractivity contribution in [3.63, 3.8) is 0 Å². The zero-order valence-corrected chi connectivity index (χ0v) is 13.8. The lowest BCUT2D eigenvalue weighted by atomic mass is 10.1. The minimum atomic E-state index is -4.52. The van der Waals surface area contributed by atoms with Gasteiger partial charge in [-0.15, -0.1) is 0 Å². The van der Waals surface area contributed by atoms with Crippen molar-refractivity contribution in [1.29, 1.82) is 5.26 Å². The van der Waals surface area contributed by atoms with Crippen LogP contribution in [-0.4, -0.2) is 12.5 Å². The van der Waals surface area contributed by atoms with Gasteiger partial charge in [0, 0.05) is 5.69 Å². The van der Waals surface area contributed by atoms with Crippen molar-refractivity contribution in [3.05, 3.63) is 65.2 Å². The van der Waals surface area contributed by atoms with Crippen LogP contribution in [0.1, 0.15) is 18.1 Å². The fourth-order valence-corrected chi connectivity index (χ4v) is 2.11. The molecule has 0 bridgehead atoms. The SMILES string of the molecule is CCOc1ccc(/C=C(\C#N)C(=O)Nc2cccc(C(F)(F)F)c2)cc1. The van der Waals surface area contributed by atoms with Gasteiger partial charge in [-0.05, 0) is 48.9 Å². The van der Waals surface area contributed by atoms with E-state index in [-0.39, 0.29) is 11.3 Å². The highest BCUT2D eigenvalue weighted by Gasteiger charge is 2.30. The molecule has 0 spiro atoms. The summed E-state index contributed by atoms with van der Waals surface area (Å²) in [6.45, 7) is 2.36. The first-order valence-electron chi connectivity index (χ1n) is 7.66. The van der Waals surface area contributed by atoms with E-state index in [1.165, 1.54) is 18.2 Å². The van der Waals surface area contributed by atoms with Crippen molar-refractivity contribution in [2.24, 2.45) is 0 Å². The lowest BCUT2D eigenvalue weighted by Crippen LogP contribution is -2.14. The second-order valence-corrected chi connectivity index (χ2v) is 5.20. The van der Waals surface area contributed by atoms with E-state index >= 15 is 0 Å². The van der Waals surface area contributed by atoms with Crippen molar-refractivity contribution in [2.75, 3.05) is 11.9 Å². The Balaban J connectivity index is 2.17. The molecule has 134 valence electrons. The van der Waals surface area contributed by atoms with Crippen LogP contribution in [0.15, 0.2) is 54.1 Å². The standard InChI is InChI=1S/C19H15F3N2O2/c1-2-26-17-8-6-13(7-9-17)10-14(12-23)18(25)24-16-5-3-4-15(11-16)19(20,21)22/h3-11H,2H2,1H3,(H,24,25)/b14-10+. The number of carbonyl (C=O) groups excluding carboxylic acids is 1. The zero-order chi connectivity index (χ0) is 19.2. The summed E-state index contributed by atoms with van der Waals surface area (Å²) in [6.07, 6.45) is -3.17. The van der Waals surface area contributed by atoms with Gasteiger partial charge in [-0.3, -0.25) is 4.79 Å². The number of halogens is 3. The third-order valence-electron chi connectivity index (χ3n) is 3.31. The Bertz CT molecular complexity index is 850. The number of alkyl halides is 3. The maximum Gasteiger partial charge on any atom is 0.416 e. The van der Waals surface area contributed by atoms with Crippen LogP contribution in [0.3, 0.4) is 0 Å². The summed E-state index contributed by atoms with van der Waals surface area (Å²) >= 11 is 0. The first-order chi connectivity index (χ1) is 12.3. The molecule has 0 saturated carbocycles. The number of nitriles is 1. The topological polar surface area (TPSA) is 62.1 Å². The summed E-state index contributed by atoms with van der Waals surface area (Å²) < 4.78 is 43.5. The lowest BCUT2D eigenvalue weighted by molar-refractivity contribution is -0.137. The normalized spacial score (nSPS) is 11.6. The minimum absolute atomic E-state index is 0.0438. The first-order valence-corrected chi connectivity index (χ1v) is 7.66. The molecule has 0 aliphatic rings. The molecule has 2 aromatic rings. The second kappa shape index (κ2) is 8.21. The molecule has 0 fully saturated rings. The Hall–Kier alpha value is -3.27. The Morgan fingerprint density at radius 1 is 1.23 bits per heavy atom. The Kier molecular flexibility index (Phi) is 6.02. The van der Waals surface area contributed by atoms with Crippen molar-refractivity contribution in [3.8, 4) is 11.8 Å². The second-order valence-electron chi connectivity index (χ2n) is 5.20. The predicted molar refractivity (Wildman–Crippen MR) is 91.3 cm³/mol. The van der Waals surface area contributed by atoms with Crippen LogP contribution < -0.4 is 10.1 Å². The average Bonchev–Trinajstić information content (AvgIpc) is 2.60. The highest BCUT2D eigenvalue weighted by atomic mass is 19.4. The Morgan fingerprint density at radius 2 is 1.92 bits per heavy atom. The monoisotopic (exact) mass is 360 g/mol. The summed E-state index contributed by atoms with van der Waals surface area (Å²) in [5.74, 6) is -0.141. The van der Waals surface area contributed by atoms with E-state index in [0.29, 0.717) is 17.9 Å². The summed E-state index contributed by atoms with van der Waals surface area (Å²) in [6, 6.07) is 12.7. The first kappa shape index (κ1) is 19.1. The molecule has 4 nitrogen and oxygen atoms in total. The minimum Gasteiger partial charge on any atom is -0.494 e. The molecule has 1 amide bonds. The molecule has 0 aliphatic heterocycles. The van der Waals surface area contributed by atoms with Crippen LogP contribution in [0, 0.1) is 11.3 Å². The van der Waals surface area contributed by atoms with Gasteiger partial charge in [0.05, 0.1) is 12.2 Å². The van der Waals surface area contributed by atoms with Crippen molar-refractivity contribution in [2.45, 2.75) is 13.1 Å². The molecule has 0 radical (unpaired) electrons. The highest BCUT2D eigenvalue weighted by Crippen LogP contribution is 2.30. The lowest BCUT2D eigenvalue weighted by Gasteiger charge is -2.09. The van der Waals surface area contributed by atoms with Crippen molar-refractivity contribution < 1.29 is 22.7 Å². The van der Waals surface area contributed by atoms with Gasteiger partial charge in [0.25, 0.3) is 5.91 Å². The molecular weight excluding hydrogens is 345 g/mol. The van der Waals surface area contributed by atoms with Crippen LogP contribution in [-0.2, 0) is 11.0 Å². The predicted octanol–water partition coefficient (Wildman–Crippen LogP) is 4.65. The quantitative estimate of drug-likeness (QED) is 0.624. The van der Waals surface area contributed by atoms with Crippen LogP contribution in [0.4, 0.5) is 18.9 Å². The average molecular weight is 360 g/mol. The smallest absolute Gasteiger partial charge is 0.416 e. The largest absolute Gasteiger partial charge is 0.494 e. The maximum absolute atomic E-state index is 12.7. The van der Waals surface area contributed by atoms with Gasteiger partial charge in [-0.1, -0.05) is 18.2 Å². The fraction of sp³-hybridized carbons (Fsp3) is 0.158. The molecule has 7 heteroatoms. The third kappa shape index (κ3) is 5.11. The summed E-state index contributed by atoms with van der Waals surface area (Å²) in [4.78, 5) is 12.2. The van der Waals surface area contributed by atoms with Crippen molar-refractivity contribution >= 4 is 17.7 Å². The van der Waals surface area contributed by atoms with Gasteiger partial charge in [-0.2, -0.15) is 18.4 Å². The van der Waals surface area contributed by atoms with Gasteiger partial charge >= 0.3 is 6.18 Å². The van der Waals surface area contributed by atoms with Crippen LogP contribution in [0.2, 0.25) is 0 Å². The molecule has 1 N–H and O–H groups in total. The number of amides is 1. The van der Waals surface area contributed by atoms with E-state index in [4.69, 9.17) is 4.74 Å². The molecule has 0 saturated heterocycles.